The largest absolute Gasteiger partial charge is 0.481 e. The molecule has 0 spiro atoms. The van der Waals surface area contributed by atoms with E-state index in [0.717, 1.165) is 27.6 Å². The molecule has 1 unspecified atom stereocenters. The van der Waals surface area contributed by atoms with Gasteiger partial charge in [0, 0.05) is 10.4 Å². The minimum absolute atomic E-state index is 0.224. The molecule has 0 aliphatic heterocycles. The van der Waals surface area contributed by atoms with Gasteiger partial charge in [-0.1, -0.05) is 23.2 Å². The summed E-state index contributed by atoms with van der Waals surface area (Å²) in [6, 6.07) is 14.9. The summed E-state index contributed by atoms with van der Waals surface area (Å²) in [5, 5.41) is 18.3. The number of nitriles is 1. The summed E-state index contributed by atoms with van der Waals surface area (Å²) in [7, 11) is 0. The molecule has 0 saturated heterocycles. The summed E-state index contributed by atoms with van der Waals surface area (Å²) >= 11 is 5.90. The molecule has 1 N–H and O–H groups in total. The van der Waals surface area contributed by atoms with E-state index in [1.807, 2.05) is 26.8 Å². The van der Waals surface area contributed by atoms with Gasteiger partial charge in [0.15, 0.2) is 17.7 Å². The Bertz CT molecular complexity index is 1400. The maximum Gasteiger partial charge on any atom is 0.266 e. The number of halogens is 1. The van der Waals surface area contributed by atoms with Crippen molar-refractivity contribution in [2.75, 3.05) is 5.32 Å². The lowest BCUT2D eigenvalue weighted by Gasteiger charge is -2.16. The molecule has 0 fully saturated rings. The molecule has 7 nitrogen and oxygen atoms in total. The summed E-state index contributed by atoms with van der Waals surface area (Å²) in [5.41, 5.74) is 4.29. The van der Waals surface area contributed by atoms with Crippen LogP contribution in [-0.4, -0.2) is 26.8 Å². The Balaban J connectivity index is 1.67. The van der Waals surface area contributed by atoms with Crippen LogP contribution in [0.2, 0.25) is 5.02 Å². The minimum atomic E-state index is -0.822. The van der Waals surface area contributed by atoms with Crippen LogP contribution >= 0.6 is 11.6 Å². The summed E-state index contributed by atoms with van der Waals surface area (Å²) in [6.07, 6.45) is 0.585. The standard InChI is InChI=1S/C25H22ClN5O2/c1-14-9-16(3)23-21(10-14)15(2)11-22(29-23)31-24(18(12-27)13-28-31)30-25(32)17(4)33-20-7-5-19(26)6-8-20/h5-11,13,17H,1-4H3,(H,30,32). The van der Waals surface area contributed by atoms with Gasteiger partial charge in [-0.2, -0.15) is 15.0 Å². The predicted octanol–water partition coefficient (Wildman–Crippen LogP) is 5.28. The Hall–Kier alpha value is -3.89. The molecule has 1 atom stereocenters. The van der Waals surface area contributed by atoms with Crippen LogP contribution in [0.15, 0.2) is 48.7 Å². The number of carbonyl (C=O) groups excluding carboxylic acids is 1. The Labute approximate surface area is 196 Å². The van der Waals surface area contributed by atoms with Gasteiger partial charge in [0.1, 0.15) is 17.4 Å². The summed E-state index contributed by atoms with van der Waals surface area (Å²) < 4.78 is 7.17. The number of benzene rings is 2. The molecule has 8 heteroatoms. The SMILES string of the molecule is Cc1cc(C)c2nc(-n3ncc(C#N)c3NC(=O)C(C)Oc3ccc(Cl)cc3)cc(C)c2c1. The molecule has 2 aromatic carbocycles. The van der Waals surface area contributed by atoms with Gasteiger partial charge in [0.2, 0.25) is 0 Å². The van der Waals surface area contributed by atoms with Crippen LogP contribution in [0.1, 0.15) is 29.2 Å². The fourth-order valence-electron chi connectivity index (χ4n) is 3.65. The quantitative estimate of drug-likeness (QED) is 0.438. The normalized spacial score (nSPS) is 11.8. The van der Waals surface area contributed by atoms with Crippen LogP contribution < -0.4 is 10.1 Å². The lowest BCUT2D eigenvalue weighted by atomic mass is 10.0. The molecule has 0 radical (unpaired) electrons. The van der Waals surface area contributed by atoms with E-state index in [9.17, 15) is 10.1 Å². The lowest BCUT2D eigenvalue weighted by Crippen LogP contribution is -2.31. The van der Waals surface area contributed by atoms with E-state index in [4.69, 9.17) is 21.3 Å². The first kappa shape index (κ1) is 22.3. The van der Waals surface area contributed by atoms with Gasteiger partial charge >= 0.3 is 0 Å². The van der Waals surface area contributed by atoms with Crippen molar-refractivity contribution in [2.24, 2.45) is 0 Å². The van der Waals surface area contributed by atoms with Crippen LogP contribution in [0, 0.1) is 32.1 Å². The van der Waals surface area contributed by atoms with Crippen LogP contribution in [-0.2, 0) is 4.79 Å². The zero-order valence-corrected chi connectivity index (χ0v) is 19.4. The van der Waals surface area contributed by atoms with E-state index < -0.39 is 12.0 Å². The van der Waals surface area contributed by atoms with Crippen LogP contribution in [0.4, 0.5) is 5.82 Å². The smallest absolute Gasteiger partial charge is 0.266 e. The first-order chi connectivity index (χ1) is 15.8. The second kappa shape index (κ2) is 8.93. The third-order valence-electron chi connectivity index (χ3n) is 5.29. The molecule has 0 aliphatic carbocycles. The highest BCUT2D eigenvalue weighted by Crippen LogP contribution is 2.27. The first-order valence-corrected chi connectivity index (χ1v) is 10.7. The topological polar surface area (TPSA) is 92.8 Å². The van der Waals surface area contributed by atoms with Crippen molar-refractivity contribution >= 4 is 34.2 Å². The number of fused-ring (bicyclic) bond motifs is 1. The zero-order valence-electron chi connectivity index (χ0n) is 18.7. The van der Waals surface area contributed by atoms with Crippen molar-refractivity contribution in [1.29, 1.82) is 5.26 Å². The second-order valence-corrected chi connectivity index (χ2v) is 8.35. The van der Waals surface area contributed by atoms with E-state index in [1.54, 1.807) is 31.2 Å². The van der Waals surface area contributed by atoms with Crippen molar-refractivity contribution < 1.29 is 9.53 Å². The molecule has 0 aliphatic rings. The number of nitrogens with one attached hydrogen (secondary N) is 1. The molecule has 2 aromatic heterocycles. The first-order valence-electron chi connectivity index (χ1n) is 10.4. The maximum absolute atomic E-state index is 12.9. The van der Waals surface area contributed by atoms with Crippen molar-refractivity contribution in [3.63, 3.8) is 0 Å². The van der Waals surface area contributed by atoms with E-state index in [2.05, 4.69) is 28.6 Å². The van der Waals surface area contributed by atoms with Gasteiger partial charge in [-0.05, 0) is 75.2 Å². The molecule has 1 amide bonds. The van der Waals surface area contributed by atoms with E-state index in [1.165, 1.54) is 10.9 Å². The minimum Gasteiger partial charge on any atom is -0.481 e. The van der Waals surface area contributed by atoms with Crippen LogP contribution in [0.5, 0.6) is 5.75 Å². The Morgan fingerprint density at radius 2 is 1.88 bits per heavy atom. The van der Waals surface area contributed by atoms with Gasteiger partial charge in [0.05, 0.1) is 11.7 Å². The number of anilines is 1. The lowest BCUT2D eigenvalue weighted by molar-refractivity contribution is -0.122. The van der Waals surface area contributed by atoms with E-state index in [0.29, 0.717) is 16.6 Å². The van der Waals surface area contributed by atoms with Gasteiger partial charge in [-0.15, -0.1) is 0 Å². The van der Waals surface area contributed by atoms with E-state index >= 15 is 0 Å². The highest BCUT2D eigenvalue weighted by molar-refractivity contribution is 6.30. The highest BCUT2D eigenvalue weighted by Gasteiger charge is 2.21. The number of hydrogen-bond donors (Lipinski definition) is 1. The summed E-state index contributed by atoms with van der Waals surface area (Å²) in [6.45, 7) is 7.68. The van der Waals surface area contributed by atoms with Gasteiger partial charge < -0.3 is 10.1 Å². The van der Waals surface area contributed by atoms with Gasteiger partial charge in [-0.25, -0.2) is 4.98 Å². The van der Waals surface area contributed by atoms with Gasteiger partial charge in [0.25, 0.3) is 5.91 Å². The second-order valence-electron chi connectivity index (χ2n) is 7.91. The molecular weight excluding hydrogens is 438 g/mol. The zero-order chi connectivity index (χ0) is 23.7. The summed E-state index contributed by atoms with van der Waals surface area (Å²) in [4.78, 5) is 17.7. The summed E-state index contributed by atoms with van der Waals surface area (Å²) in [5.74, 6) is 0.835. The number of hydrogen-bond acceptors (Lipinski definition) is 5. The van der Waals surface area contributed by atoms with Crippen molar-refractivity contribution in [1.82, 2.24) is 14.8 Å². The predicted molar refractivity (Wildman–Crippen MR) is 128 cm³/mol. The molecule has 2 heterocycles. The number of nitrogens with zero attached hydrogens (tertiary/aromatic N) is 4. The number of aromatic nitrogens is 3. The molecule has 0 saturated carbocycles. The number of aryl methyl sites for hydroxylation is 3. The van der Waals surface area contributed by atoms with Crippen LogP contribution in [0.3, 0.4) is 0 Å². The molecule has 4 rings (SSSR count). The molecule has 0 bridgehead atoms. The number of rotatable bonds is 5. The highest BCUT2D eigenvalue weighted by atomic mass is 35.5. The molecular formula is C25H22ClN5O2. The van der Waals surface area contributed by atoms with Crippen molar-refractivity contribution in [3.8, 4) is 17.6 Å². The molecule has 166 valence electrons. The number of ether oxygens (including phenoxy) is 1. The Morgan fingerprint density at radius 1 is 1.15 bits per heavy atom. The molecule has 4 aromatic rings. The maximum atomic E-state index is 12.9. The average Bonchev–Trinajstić information content (AvgIpc) is 3.18. The van der Waals surface area contributed by atoms with Crippen LogP contribution in [0.25, 0.3) is 16.7 Å². The Kier molecular flexibility index (Phi) is 6.03. The van der Waals surface area contributed by atoms with Gasteiger partial charge in [-0.3, -0.25) is 4.79 Å². The average molecular weight is 460 g/mol. The fourth-order valence-corrected chi connectivity index (χ4v) is 3.78. The monoisotopic (exact) mass is 459 g/mol. The third-order valence-corrected chi connectivity index (χ3v) is 5.54. The van der Waals surface area contributed by atoms with Crippen molar-refractivity contribution in [2.45, 2.75) is 33.8 Å². The molecule has 33 heavy (non-hydrogen) atoms. The fraction of sp³-hybridized carbons (Fsp3) is 0.200. The Morgan fingerprint density at radius 3 is 2.58 bits per heavy atom. The third kappa shape index (κ3) is 4.52. The number of pyridine rings is 1. The number of carbonyl (C=O) groups is 1. The number of amides is 1. The van der Waals surface area contributed by atoms with E-state index in [-0.39, 0.29) is 11.4 Å². The van der Waals surface area contributed by atoms with Crippen molar-refractivity contribution in [3.05, 3.63) is 75.9 Å².